The zero-order chi connectivity index (χ0) is 7.49. The highest BCUT2D eigenvalue weighted by atomic mass is 35.5. The standard InChI is InChI=1S/C5H8Cl2N2/c1-3-5(2,4-8)9(6)7/h3H2,1-2H3. The van der Waals surface area contributed by atoms with E-state index >= 15 is 0 Å². The lowest BCUT2D eigenvalue weighted by molar-refractivity contribution is 0.401. The van der Waals surface area contributed by atoms with Gasteiger partial charge >= 0.3 is 0 Å². The Balaban J connectivity index is 4.14. The van der Waals surface area contributed by atoms with Crippen LogP contribution in [0.15, 0.2) is 0 Å². The smallest absolute Gasteiger partial charge is 0.135 e. The van der Waals surface area contributed by atoms with Crippen molar-refractivity contribution in [2.45, 2.75) is 25.8 Å². The monoisotopic (exact) mass is 166 g/mol. The van der Waals surface area contributed by atoms with Gasteiger partial charge in [0.1, 0.15) is 5.54 Å². The van der Waals surface area contributed by atoms with Gasteiger partial charge in [-0.25, -0.2) is 0 Å². The molecule has 0 aliphatic rings. The zero-order valence-electron chi connectivity index (χ0n) is 5.36. The van der Waals surface area contributed by atoms with E-state index in [1.54, 1.807) is 6.92 Å². The fraction of sp³-hybridized carbons (Fsp3) is 0.800. The third-order valence-corrected chi connectivity index (χ3v) is 2.05. The Labute approximate surface area is 65.2 Å². The summed E-state index contributed by atoms with van der Waals surface area (Å²) in [6.45, 7) is 3.52. The minimum Gasteiger partial charge on any atom is -0.196 e. The largest absolute Gasteiger partial charge is 0.196 e. The van der Waals surface area contributed by atoms with Crippen LogP contribution in [-0.4, -0.2) is 9.48 Å². The molecule has 0 saturated heterocycles. The summed E-state index contributed by atoms with van der Waals surface area (Å²) >= 11 is 10.7. The number of rotatable bonds is 2. The van der Waals surface area contributed by atoms with Gasteiger partial charge in [-0.1, -0.05) is 6.92 Å². The van der Waals surface area contributed by atoms with Gasteiger partial charge in [0, 0.05) is 0 Å². The molecule has 0 aromatic carbocycles. The van der Waals surface area contributed by atoms with Gasteiger partial charge in [-0.05, 0) is 36.9 Å². The molecule has 0 fully saturated rings. The first-order valence-electron chi connectivity index (χ1n) is 2.60. The number of nitrogens with zero attached hydrogens (tertiary/aromatic N) is 2. The lowest BCUT2D eigenvalue weighted by Gasteiger charge is -2.21. The maximum atomic E-state index is 8.50. The second-order valence-electron chi connectivity index (χ2n) is 1.97. The number of nitriles is 1. The molecule has 0 aliphatic heterocycles. The molecular weight excluding hydrogens is 159 g/mol. The van der Waals surface area contributed by atoms with Crippen LogP contribution in [0.5, 0.6) is 0 Å². The predicted octanol–water partition coefficient (Wildman–Crippen LogP) is 2.29. The molecule has 2 nitrogen and oxygen atoms in total. The molecule has 0 saturated carbocycles. The van der Waals surface area contributed by atoms with E-state index < -0.39 is 5.54 Å². The van der Waals surface area contributed by atoms with Gasteiger partial charge in [0.15, 0.2) is 0 Å². The fourth-order valence-corrected chi connectivity index (χ4v) is 0.551. The number of hydrogen-bond donors (Lipinski definition) is 0. The highest BCUT2D eigenvalue weighted by molar-refractivity contribution is 6.34. The Bertz CT molecular complexity index is 129. The lowest BCUT2D eigenvalue weighted by Crippen LogP contribution is -2.31. The summed E-state index contributed by atoms with van der Waals surface area (Å²) in [4.78, 5) is 0. The van der Waals surface area contributed by atoms with Gasteiger partial charge in [-0.3, -0.25) is 0 Å². The van der Waals surface area contributed by atoms with Crippen LogP contribution in [0.1, 0.15) is 20.3 Å². The average molecular weight is 167 g/mol. The van der Waals surface area contributed by atoms with Crippen LogP contribution < -0.4 is 0 Å². The summed E-state index contributed by atoms with van der Waals surface area (Å²) in [5, 5.41) is 8.50. The molecule has 0 aromatic heterocycles. The Hall–Kier alpha value is 0.0300. The molecule has 4 heteroatoms. The molecule has 0 N–H and O–H groups in total. The SMILES string of the molecule is CCC(C)(C#N)N(Cl)Cl. The van der Waals surface area contributed by atoms with Crippen LogP contribution >= 0.6 is 23.6 Å². The normalized spacial score (nSPS) is 16.9. The van der Waals surface area contributed by atoms with E-state index in [2.05, 4.69) is 0 Å². The van der Waals surface area contributed by atoms with Gasteiger partial charge < -0.3 is 0 Å². The fourth-order valence-electron chi connectivity index (χ4n) is 0.236. The number of halogens is 2. The predicted molar refractivity (Wildman–Crippen MR) is 37.9 cm³/mol. The van der Waals surface area contributed by atoms with Crippen LogP contribution in [-0.2, 0) is 0 Å². The Morgan fingerprint density at radius 3 is 2.11 bits per heavy atom. The van der Waals surface area contributed by atoms with E-state index in [1.165, 1.54) is 0 Å². The summed E-state index contributed by atoms with van der Waals surface area (Å²) in [6, 6.07) is 1.99. The van der Waals surface area contributed by atoms with Crippen molar-refractivity contribution in [1.29, 1.82) is 5.26 Å². The Morgan fingerprint density at radius 1 is 1.67 bits per heavy atom. The van der Waals surface area contributed by atoms with E-state index in [9.17, 15) is 0 Å². The third-order valence-electron chi connectivity index (χ3n) is 1.30. The maximum absolute atomic E-state index is 8.50. The molecule has 0 aromatic rings. The molecule has 0 aliphatic carbocycles. The summed E-state index contributed by atoms with van der Waals surface area (Å²) in [5.41, 5.74) is -0.747. The van der Waals surface area contributed by atoms with Crippen LogP contribution in [0.3, 0.4) is 0 Å². The lowest BCUT2D eigenvalue weighted by atomic mass is 10.0. The summed E-state index contributed by atoms with van der Waals surface area (Å²) in [7, 11) is 0. The highest BCUT2D eigenvalue weighted by Crippen LogP contribution is 2.22. The third kappa shape index (κ3) is 2.02. The molecule has 52 valence electrons. The van der Waals surface area contributed by atoms with Crippen LogP contribution in [0.25, 0.3) is 0 Å². The minimum atomic E-state index is -0.747. The maximum Gasteiger partial charge on any atom is 0.135 e. The van der Waals surface area contributed by atoms with E-state index in [0.717, 1.165) is 3.94 Å². The first kappa shape index (κ1) is 9.03. The van der Waals surface area contributed by atoms with E-state index in [1.807, 2.05) is 13.0 Å². The quantitative estimate of drug-likeness (QED) is 0.590. The average Bonchev–Trinajstić information content (AvgIpc) is 1.86. The molecule has 0 heterocycles. The van der Waals surface area contributed by atoms with Gasteiger partial charge in [0.05, 0.1) is 6.07 Å². The Morgan fingerprint density at radius 2 is 2.11 bits per heavy atom. The summed E-state index contributed by atoms with van der Waals surface area (Å²) in [6.07, 6.45) is 0.608. The second kappa shape index (κ2) is 3.26. The van der Waals surface area contributed by atoms with Crippen molar-refractivity contribution in [3.8, 4) is 6.07 Å². The molecular formula is C5H8Cl2N2. The molecule has 0 amide bonds. The summed E-state index contributed by atoms with van der Waals surface area (Å²) in [5.74, 6) is 0. The van der Waals surface area contributed by atoms with E-state index in [-0.39, 0.29) is 0 Å². The molecule has 0 rings (SSSR count). The minimum absolute atomic E-state index is 0.608. The van der Waals surface area contributed by atoms with Crippen molar-refractivity contribution < 1.29 is 0 Å². The number of hydrogen-bond acceptors (Lipinski definition) is 2. The van der Waals surface area contributed by atoms with Crippen LogP contribution in [0.2, 0.25) is 0 Å². The topological polar surface area (TPSA) is 27.0 Å². The van der Waals surface area contributed by atoms with Gasteiger partial charge in [-0.15, -0.1) is 3.94 Å². The van der Waals surface area contributed by atoms with Crippen molar-refractivity contribution in [2.75, 3.05) is 0 Å². The van der Waals surface area contributed by atoms with Crippen molar-refractivity contribution in [1.82, 2.24) is 3.94 Å². The molecule has 9 heavy (non-hydrogen) atoms. The van der Waals surface area contributed by atoms with E-state index in [4.69, 9.17) is 28.8 Å². The van der Waals surface area contributed by atoms with Crippen LogP contribution in [0, 0.1) is 11.3 Å². The first-order chi connectivity index (χ1) is 4.06. The molecule has 1 atom stereocenters. The second-order valence-corrected chi connectivity index (χ2v) is 2.82. The molecule has 1 unspecified atom stereocenters. The van der Waals surface area contributed by atoms with Crippen molar-refractivity contribution >= 4 is 23.6 Å². The van der Waals surface area contributed by atoms with Gasteiger partial charge in [0.25, 0.3) is 0 Å². The van der Waals surface area contributed by atoms with Crippen LogP contribution in [0.4, 0.5) is 0 Å². The molecule has 0 radical (unpaired) electrons. The van der Waals surface area contributed by atoms with Gasteiger partial charge in [0.2, 0.25) is 0 Å². The van der Waals surface area contributed by atoms with Crippen molar-refractivity contribution in [3.63, 3.8) is 0 Å². The molecule has 0 spiro atoms. The molecule has 0 bridgehead atoms. The van der Waals surface area contributed by atoms with Gasteiger partial charge in [-0.2, -0.15) is 5.26 Å². The van der Waals surface area contributed by atoms with Crippen molar-refractivity contribution in [3.05, 3.63) is 0 Å². The zero-order valence-corrected chi connectivity index (χ0v) is 6.87. The highest BCUT2D eigenvalue weighted by Gasteiger charge is 2.27. The Kier molecular flexibility index (Phi) is 3.27. The first-order valence-corrected chi connectivity index (χ1v) is 3.27. The van der Waals surface area contributed by atoms with Crippen molar-refractivity contribution in [2.24, 2.45) is 0 Å². The summed E-state index contributed by atoms with van der Waals surface area (Å²) < 4.78 is 0.882. The van der Waals surface area contributed by atoms with E-state index in [0.29, 0.717) is 6.42 Å².